The number of fused-ring (bicyclic) bond motifs is 1. The van der Waals surface area contributed by atoms with E-state index in [-0.39, 0.29) is 5.78 Å². The van der Waals surface area contributed by atoms with E-state index in [2.05, 4.69) is 4.98 Å². The van der Waals surface area contributed by atoms with Crippen LogP contribution in [0.15, 0.2) is 30.7 Å². The topological polar surface area (TPSA) is 44.1 Å². The molecule has 0 spiro atoms. The second-order valence-electron chi connectivity index (χ2n) is 4.88. The van der Waals surface area contributed by atoms with Crippen molar-refractivity contribution in [3.63, 3.8) is 0 Å². The lowest BCUT2D eigenvalue weighted by atomic mass is 9.90. The molecule has 0 amide bonds. The molecular formula is C15H16N2O2. The lowest BCUT2D eigenvalue weighted by molar-refractivity contribution is 0.0972. The quantitative estimate of drug-likeness (QED) is 0.847. The Bertz CT molecular complexity index is 616. The van der Waals surface area contributed by atoms with Gasteiger partial charge in [-0.15, -0.1) is 0 Å². The number of carbonyl (C=O) groups is 1. The van der Waals surface area contributed by atoms with Gasteiger partial charge in [0, 0.05) is 19.0 Å². The van der Waals surface area contributed by atoms with Gasteiger partial charge in [-0.25, -0.2) is 4.98 Å². The standard InChI is InChI=1S/C15H16N2O2/c1-17-10-16-8-12(17)9-19-13-6-5-11-3-2-4-15(18)14(11)7-13/h5-8,10H,2-4,9H2,1H3. The van der Waals surface area contributed by atoms with Gasteiger partial charge in [-0.3, -0.25) is 4.79 Å². The first-order valence-electron chi connectivity index (χ1n) is 6.48. The highest BCUT2D eigenvalue weighted by atomic mass is 16.5. The van der Waals surface area contributed by atoms with Crippen LogP contribution in [0.25, 0.3) is 0 Å². The van der Waals surface area contributed by atoms with Crippen molar-refractivity contribution in [2.24, 2.45) is 7.05 Å². The molecule has 0 unspecified atom stereocenters. The molecular weight excluding hydrogens is 240 g/mol. The van der Waals surface area contributed by atoms with Crippen molar-refractivity contribution in [3.8, 4) is 5.75 Å². The Labute approximate surface area is 112 Å². The van der Waals surface area contributed by atoms with Gasteiger partial charge in [0.05, 0.1) is 18.2 Å². The smallest absolute Gasteiger partial charge is 0.163 e. The maximum atomic E-state index is 11.9. The summed E-state index contributed by atoms with van der Waals surface area (Å²) < 4.78 is 7.65. The summed E-state index contributed by atoms with van der Waals surface area (Å²) in [5.74, 6) is 0.974. The normalized spacial score (nSPS) is 14.3. The van der Waals surface area contributed by atoms with Gasteiger partial charge < -0.3 is 9.30 Å². The van der Waals surface area contributed by atoms with Crippen molar-refractivity contribution in [3.05, 3.63) is 47.5 Å². The molecule has 98 valence electrons. The zero-order valence-corrected chi connectivity index (χ0v) is 10.9. The average molecular weight is 256 g/mol. The number of ether oxygens (including phenoxy) is 1. The van der Waals surface area contributed by atoms with Crippen LogP contribution in [0.3, 0.4) is 0 Å². The Morgan fingerprint density at radius 1 is 1.37 bits per heavy atom. The Balaban J connectivity index is 1.77. The van der Waals surface area contributed by atoms with E-state index in [0.29, 0.717) is 13.0 Å². The second-order valence-corrected chi connectivity index (χ2v) is 4.88. The number of carbonyl (C=O) groups excluding carboxylic acids is 1. The summed E-state index contributed by atoms with van der Waals surface area (Å²) in [7, 11) is 1.93. The third kappa shape index (κ3) is 2.38. The van der Waals surface area contributed by atoms with Crippen molar-refractivity contribution < 1.29 is 9.53 Å². The van der Waals surface area contributed by atoms with E-state index in [1.54, 1.807) is 12.5 Å². The van der Waals surface area contributed by atoms with Crippen molar-refractivity contribution in [1.82, 2.24) is 9.55 Å². The molecule has 0 N–H and O–H groups in total. The predicted octanol–water partition coefficient (Wildman–Crippen LogP) is 2.52. The number of nitrogens with zero attached hydrogens (tertiary/aromatic N) is 2. The number of ketones is 1. The highest BCUT2D eigenvalue weighted by Crippen LogP contribution is 2.25. The molecule has 0 atom stereocenters. The van der Waals surface area contributed by atoms with Crippen LogP contribution in [0, 0.1) is 0 Å². The summed E-state index contributed by atoms with van der Waals surface area (Å²) in [6.07, 6.45) is 6.13. The van der Waals surface area contributed by atoms with Crippen LogP contribution in [0.5, 0.6) is 5.75 Å². The Morgan fingerprint density at radius 3 is 3.05 bits per heavy atom. The molecule has 4 nitrogen and oxygen atoms in total. The molecule has 1 aromatic carbocycles. The lowest BCUT2D eigenvalue weighted by Gasteiger charge is -2.16. The van der Waals surface area contributed by atoms with E-state index >= 15 is 0 Å². The molecule has 3 rings (SSSR count). The molecule has 1 heterocycles. The molecule has 1 aliphatic rings. The largest absolute Gasteiger partial charge is 0.487 e. The van der Waals surface area contributed by atoms with Gasteiger partial charge >= 0.3 is 0 Å². The molecule has 0 saturated heterocycles. The number of rotatable bonds is 3. The molecule has 0 saturated carbocycles. The van der Waals surface area contributed by atoms with Gasteiger partial charge in [-0.1, -0.05) is 6.07 Å². The average Bonchev–Trinajstić information content (AvgIpc) is 2.83. The van der Waals surface area contributed by atoms with Gasteiger partial charge in [0.15, 0.2) is 5.78 Å². The van der Waals surface area contributed by atoms with E-state index in [9.17, 15) is 4.79 Å². The molecule has 1 aromatic heterocycles. The molecule has 4 heteroatoms. The SMILES string of the molecule is Cn1cncc1COc1ccc2c(c1)C(=O)CCC2. The molecule has 0 aliphatic heterocycles. The molecule has 19 heavy (non-hydrogen) atoms. The van der Waals surface area contributed by atoms with Crippen LogP contribution in [0.4, 0.5) is 0 Å². The summed E-state index contributed by atoms with van der Waals surface area (Å²) in [6.45, 7) is 0.462. The number of aryl methyl sites for hydroxylation is 2. The minimum atomic E-state index is 0.229. The molecule has 0 fully saturated rings. The summed E-state index contributed by atoms with van der Waals surface area (Å²) in [5, 5.41) is 0. The Kier molecular flexibility index (Phi) is 3.07. The number of hydrogen-bond donors (Lipinski definition) is 0. The van der Waals surface area contributed by atoms with Crippen molar-refractivity contribution in [2.45, 2.75) is 25.9 Å². The predicted molar refractivity (Wildman–Crippen MR) is 71.3 cm³/mol. The Hall–Kier alpha value is -2.10. The van der Waals surface area contributed by atoms with Gasteiger partial charge in [-0.05, 0) is 30.5 Å². The van der Waals surface area contributed by atoms with Crippen LogP contribution < -0.4 is 4.74 Å². The summed E-state index contributed by atoms with van der Waals surface area (Å²) in [5.41, 5.74) is 2.97. The third-order valence-electron chi connectivity index (χ3n) is 3.53. The van der Waals surface area contributed by atoms with E-state index in [4.69, 9.17) is 4.74 Å². The summed E-state index contributed by atoms with van der Waals surface area (Å²) >= 11 is 0. The zero-order chi connectivity index (χ0) is 13.2. The summed E-state index contributed by atoms with van der Waals surface area (Å²) in [4.78, 5) is 15.9. The van der Waals surface area contributed by atoms with Crippen molar-refractivity contribution in [1.29, 1.82) is 0 Å². The number of imidazole rings is 1. The van der Waals surface area contributed by atoms with Gasteiger partial charge in [-0.2, -0.15) is 0 Å². The van der Waals surface area contributed by atoms with E-state index in [1.165, 1.54) is 0 Å². The van der Waals surface area contributed by atoms with Crippen molar-refractivity contribution >= 4 is 5.78 Å². The zero-order valence-electron chi connectivity index (χ0n) is 10.9. The van der Waals surface area contributed by atoms with Gasteiger partial charge in [0.1, 0.15) is 12.4 Å². The first-order chi connectivity index (χ1) is 9.24. The highest BCUT2D eigenvalue weighted by molar-refractivity contribution is 5.98. The molecule has 0 bridgehead atoms. The van der Waals surface area contributed by atoms with E-state index in [0.717, 1.165) is 35.4 Å². The van der Waals surface area contributed by atoms with Crippen LogP contribution >= 0.6 is 0 Å². The van der Waals surface area contributed by atoms with Crippen LogP contribution in [0.1, 0.15) is 34.5 Å². The van der Waals surface area contributed by atoms with Gasteiger partial charge in [0.25, 0.3) is 0 Å². The maximum absolute atomic E-state index is 11.9. The fraction of sp³-hybridized carbons (Fsp3) is 0.333. The monoisotopic (exact) mass is 256 g/mol. The first-order valence-corrected chi connectivity index (χ1v) is 6.48. The molecule has 0 radical (unpaired) electrons. The number of benzene rings is 1. The maximum Gasteiger partial charge on any atom is 0.163 e. The fourth-order valence-corrected chi connectivity index (χ4v) is 2.38. The Morgan fingerprint density at radius 2 is 2.26 bits per heavy atom. The van der Waals surface area contributed by atoms with Crippen molar-refractivity contribution in [2.75, 3.05) is 0 Å². The first kappa shape index (κ1) is 12.0. The van der Waals surface area contributed by atoms with E-state index < -0.39 is 0 Å². The minimum Gasteiger partial charge on any atom is -0.487 e. The number of Topliss-reactive ketones (excluding diaryl/α,β-unsaturated/α-hetero) is 1. The van der Waals surface area contributed by atoms with Crippen LogP contribution in [-0.4, -0.2) is 15.3 Å². The minimum absolute atomic E-state index is 0.229. The number of aromatic nitrogens is 2. The lowest BCUT2D eigenvalue weighted by Crippen LogP contribution is -2.11. The van der Waals surface area contributed by atoms with Crippen LogP contribution in [0.2, 0.25) is 0 Å². The fourth-order valence-electron chi connectivity index (χ4n) is 2.38. The highest BCUT2D eigenvalue weighted by Gasteiger charge is 2.17. The molecule has 2 aromatic rings. The second kappa shape index (κ2) is 4.88. The van der Waals surface area contributed by atoms with Gasteiger partial charge in [0.2, 0.25) is 0 Å². The number of hydrogen-bond acceptors (Lipinski definition) is 3. The molecule has 1 aliphatic carbocycles. The van der Waals surface area contributed by atoms with E-state index in [1.807, 2.05) is 29.8 Å². The third-order valence-corrected chi connectivity index (χ3v) is 3.53. The summed E-state index contributed by atoms with van der Waals surface area (Å²) in [6, 6.07) is 5.81. The van der Waals surface area contributed by atoms with Crippen LogP contribution in [-0.2, 0) is 20.1 Å².